The monoisotopic (exact) mass is 231 g/mol. The number of nitrogens with one attached hydrogen (secondary N) is 1. The van der Waals surface area contributed by atoms with Gasteiger partial charge in [0.15, 0.2) is 0 Å². The molecule has 5 nitrogen and oxygen atoms in total. The van der Waals surface area contributed by atoms with E-state index in [0.717, 1.165) is 19.4 Å². The highest BCUT2D eigenvalue weighted by atomic mass is 16.3. The summed E-state index contributed by atoms with van der Waals surface area (Å²) in [4.78, 5) is 13.6. The highest BCUT2D eigenvalue weighted by molar-refractivity contribution is 5.81. The van der Waals surface area contributed by atoms with Crippen molar-refractivity contribution >= 4 is 5.91 Å². The predicted molar refractivity (Wildman–Crippen MR) is 64.5 cm³/mol. The van der Waals surface area contributed by atoms with Crippen LogP contribution in [0.15, 0.2) is 0 Å². The number of nitrogens with zero attached hydrogens (tertiary/aromatic N) is 1. The second-order valence-electron chi connectivity index (χ2n) is 4.71. The summed E-state index contributed by atoms with van der Waals surface area (Å²) >= 11 is 0. The van der Waals surface area contributed by atoms with Crippen molar-refractivity contribution in [2.45, 2.75) is 33.6 Å². The molecule has 0 aliphatic carbocycles. The van der Waals surface area contributed by atoms with Crippen LogP contribution in [0.3, 0.4) is 0 Å². The number of unbranched alkanes of at least 4 members (excludes halogenated alkanes) is 1. The maximum atomic E-state index is 11.5. The van der Waals surface area contributed by atoms with Crippen LogP contribution in [0.1, 0.15) is 33.6 Å². The fourth-order valence-corrected chi connectivity index (χ4v) is 1.62. The Morgan fingerprint density at radius 1 is 1.44 bits per heavy atom. The van der Waals surface area contributed by atoms with Crippen molar-refractivity contribution in [3.63, 3.8) is 0 Å². The van der Waals surface area contributed by atoms with E-state index in [4.69, 9.17) is 10.9 Å². The fourth-order valence-electron chi connectivity index (χ4n) is 1.62. The normalized spacial score (nSPS) is 11.9. The summed E-state index contributed by atoms with van der Waals surface area (Å²) in [7, 11) is 0. The number of aliphatic hydroxyl groups is 1. The Hall–Kier alpha value is -0.650. The molecule has 0 unspecified atom stereocenters. The SMILES string of the molecule is CCCCN(CCO)CC(C)(C)C(=O)NN. The molecule has 0 rings (SSSR count). The lowest BCUT2D eigenvalue weighted by Gasteiger charge is -2.30. The molecule has 0 aromatic rings. The number of hydrogen-bond acceptors (Lipinski definition) is 4. The van der Waals surface area contributed by atoms with Gasteiger partial charge in [0.05, 0.1) is 12.0 Å². The van der Waals surface area contributed by atoms with Gasteiger partial charge in [0.2, 0.25) is 5.91 Å². The van der Waals surface area contributed by atoms with Crippen LogP contribution < -0.4 is 11.3 Å². The Morgan fingerprint density at radius 3 is 2.50 bits per heavy atom. The Labute approximate surface area is 98.0 Å². The van der Waals surface area contributed by atoms with Crippen molar-refractivity contribution < 1.29 is 9.90 Å². The third-order valence-electron chi connectivity index (χ3n) is 2.61. The van der Waals surface area contributed by atoms with Crippen molar-refractivity contribution in [3.05, 3.63) is 0 Å². The van der Waals surface area contributed by atoms with Gasteiger partial charge in [0, 0.05) is 13.1 Å². The average Bonchev–Trinajstić information content (AvgIpc) is 2.24. The van der Waals surface area contributed by atoms with Crippen LogP contribution in [-0.4, -0.2) is 42.2 Å². The van der Waals surface area contributed by atoms with Crippen LogP contribution in [0.25, 0.3) is 0 Å². The van der Waals surface area contributed by atoms with Crippen LogP contribution in [-0.2, 0) is 4.79 Å². The molecular formula is C11H25N3O2. The number of hydrazine groups is 1. The van der Waals surface area contributed by atoms with E-state index in [1.54, 1.807) is 0 Å². The minimum Gasteiger partial charge on any atom is -0.395 e. The fraction of sp³-hybridized carbons (Fsp3) is 0.909. The minimum atomic E-state index is -0.530. The molecule has 0 aromatic carbocycles. The number of hydrogen-bond donors (Lipinski definition) is 3. The lowest BCUT2D eigenvalue weighted by atomic mass is 9.91. The van der Waals surface area contributed by atoms with Gasteiger partial charge in [0.25, 0.3) is 0 Å². The standard InChI is InChI=1S/C11H25N3O2/c1-4-5-6-14(7-8-15)9-11(2,3)10(16)13-12/h15H,4-9,12H2,1-3H3,(H,13,16). The number of nitrogens with two attached hydrogens (primary N) is 1. The van der Waals surface area contributed by atoms with Crippen molar-refractivity contribution in [2.75, 3.05) is 26.2 Å². The molecule has 0 spiro atoms. The molecular weight excluding hydrogens is 206 g/mol. The largest absolute Gasteiger partial charge is 0.395 e. The average molecular weight is 231 g/mol. The zero-order valence-corrected chi connectivity index (χ0v) is 10.6. The van der Waals surface area contributed by atoms with Crippen molar-refractivity contribution in [1.82, 2.24) is 10.3 Å². The van der Waals surface area contributed by atoms with Gasteiger partial charge in [-0.1, -0.05) is 13.3 Å². The molecule has 4 N–H and O–H groups in total. The molecule has 0 aliphatic rings. The highest BCUT2D eigenvalue weighted by Gasteiger charge is 2.29. The third kappa shape index (κ3) is 5.44. The van der Waals surface area contributed by atoms with Gasteiger partial charge in [-0.25, -0.2) is 5.84 Å². The van der Waals surface area contributed by atoms with Crippen LogP contribution in [0.4, 0.5) is 0 Å². The summed E-state index contributed by atoms with van der Waals surface area (Å²) in [6.45, 7) is 8.05. The van der Waals surface area contributed by atoms with Crippen molar-refractivity contribution in [1.29, 1.82) is 0 Å². The maximum Gasteiger partial charge on any atom is 0.240 e. The second kappa shape index (κ2) is 7.60. The highest BCUT2D eigenvalue weighted by Crippen LogP contribution is 2.17. The molecule has 16 heavy (non-hydrogen) atoms. The molecule has 0 fully saturated rings. The predicted octanol–water partition coefficient (Wildman–Crippen LogP) is 0.0969. The number of carbonyl (C=O) groups excluding carboxylic acids is 1. The number of amides is 1. The van der Waals surface area contributed by atoms with Gasteiger partial charge in [-0.3, -0.25) is 10.2 Å². The minimum absolute atomic E-state index is 0.115. The summed E-state index contributed by atoms with van der Waals surface area (Å²) in [5.74, 6) is 4.97. The summed E-state index contributed by atoms with van der Waals surface area (Å²) in [5.41, 5.74) is 1.65. The first-order valence-electron chi connectivity index (χ1n) is 5.82. The molecule has 0 atom stereocenters. The Kier molecular flexibility index (Phi) is 7.29. The van der Waals surface area contributed by atoms with E-state index in [9.17, 15) is 4.79 Å². The number of rotatable bonds is 8. The molecule has 0 saturated heterocycles. The molecule has 0 saturated carbocycles. The van der Waals surface area contributed by atoms with E-state index in [-0.39, 0.29) is 12.5 Å². The summed E-state index contributed by atoms with van der Waals surface area (Å²) in [6, 6.07) is 0. The number of aliphatic hydroxyl groups excluding tert-OH is 1. The van der Waals surface area contributed by atoms with E-state index in [0.29, 0.717) is 13.1 Å². The summed E-state index contributed by atoms with van der Waals surface area (Å²) in [5, 5.41) is 8.96. The van der Waals surface area contributed by atoms with Crippen LogP contribution in [0.2, 0.25) is 0 Å². The van der Waals surface area contributed by atoms with Gasteiger partial charge in [-0.15, -0.1) is 0 Å². The van der Waals surface area contributed by atoms with Gasteiger partial charge >= 0.3 is 0 Å². The molecule has 0 aromatic heterocycles. The smallest absolute Gasteiger partial charge is 0.240 e. The maximum absolute atomic E-state index is 11.5. The number of carbonyl (C=O) groups is 1. The summed E-state index contributed by atoms with van der Waals surface area (Å²) in [6.07, 6.45) is 2.17. The van der Waals surface area contributed by atoms with E-state index in [2.05, 4.69) is 17.2 Å². The first kappa shape index (κ1) is 15.3. The Morgan fingerprint density at radius 2 is 2.06 bits per heavy atom. The molecule has 1 amide bonds. The van der Waals surface area contributed by atoms with E-state index >= 15 is 0 Å². The van der Waals surface area contributed by atoms with Crippen LogP contribution in [0, 0.1) is 5.41 Å². The van der Waals surface area contributed by atoms with Gasteiger partial charge in [-0.2, -0.15) is 0 Å². The van der Waals surface area contributed by atoms with E-state index in [1.165, 1.54) is 0 Å². The third-order valence-corrected chi connectivity index (χ3v) is 2.61. The second-order valence-corrected chi connectivity index (χ2v) is 4.71. The lowest BCUT2D eigenvalue weighted by Crippen LogP contribution is -2.48. The van der Waals surface area contributed by atoms with Crippen molar-refractivity contribution in [3.8, 4) is 0 Å². The van der Waals surface area contributed by atoms with Crippen LogP contribution >= 0.6 is 0 Å². The molecule has 0 aliphatic heterocycles. The van der Waals surface area contributed by atoms with E-state index < -0.39 is 5.41 Å². The van der Waals surface area contributed by atoms with Crippen LogP contribution in [0.5, 0.6) is 0 Å². The van der Waals surface area contributed by atoms with Gasteiger partial charge < -0.3 is 10.0 Å². The van der Waals surface area contributed by atoms with Crippen molar-refractivity contribution in [2.24, 2.45) is 11.3 Å². The molecule has 5 heteroatoms. The first-order valence-corrected chi connectivity index (χ1v) is 5.82. The first-order chi connectivity index (χ1) is 7.47. The zero-order valence-electron chi connectivity index (χ0n) is 10.6. The topological polar surface area (TPSA) is 78.6 Å². The quantitative estimate of drug-likeness (QED) is 0.314. The lowest BCUT2D eigenvalue weighted by molar-refractivity contribution is -0.130. The zero-order chi connectivity index (χ0) is 12.6. The molecule has 0 bridgehead atoms. The summed E-state index contributed by atoms with van der Waals surface area (Å²) < 4.78 is 0. The molecule has 0 radical (unpaired) electrons. The van der Waals surface area contributed by atoms with Gasteiger partial charge in [0.1, 0.15) is 0 Å². The Bertz CT molecular complexity index is 207. The Balaban J connectivity index is 4.29. The van der Waals surface area contributed by atoms with E-state index in [1.807, 2.05) is 13.8 Å². The molecule has 0 heterocycles. The molecule has 96 valence electrons. The van der Waals surface area contributed by atoms with Gasteiger partial charge in [-0.05, 0) is 26.8 Å².